The molecule has 0 aliphatic carbocycles. The molecule has 0 unspecified atom stereocenters. The molecule has 1 aromatic rings. The van der Waals surface area contributed by atoms with Gasteiger partial charge in [-0.1, -0.05) is 0 Å². The van der Waals surface area contributed by atoms with Gasteiger partial charge in [-0.3, -0.25) is 0 Å². The molecule has 0 heterocycles. The van der Waals surface area contributed by atoms with Gasteiger partial charge in [0.25, 0.3) is 0 Å². The van der Waals surface area contributed by atoms with Gasteiger partial charge >= 0.3 is 79.7 Å². The summed E-state index contributed by atoms with van der Waals surface area (Å²) in [5.41, 5.74) is 7.17. The van der Waals surface area contributed by atoms with Crippen LogP contribution >= 0.6 is 15.9 Å². The summed E-state index contributed by atoms with van der Waals surface area (Å²) in [6.07, 6.45) is 0. The molecule has 0 amide bonds. The fourth-order valence-electron chi connectivity index (χ4n) is 0.888. The summed E-state index contributed by atoms with van der Waals surface area (Å²) in [6.45, 7) is 0. The molecular weight excluding hydrogens is 263 g/mol. The van der Waals surface area contributed by atoms with E-state index in [1.807, 2.05) is 0 Å². The third kappa shape index (κ3) is 2.65. The molecule has 0 aliphatic heterocycles. The van der Waals surface area contributed by atoms with Crippen LogP contribution in [0.3, 0.4) is 0 Å². The first-order chi connectivity index (χ1) is 5.00. The summed E-state index contributed by atoms with van der Waals surface area (Å²) in [5, 5.41) is 0. The van der Waals surface area contributed by atoms with E-state index in [0.717, 1.165) is 0 Å². The third-order valence-corrected chi connectivity index (χ3v) is 6.01. The Labute approximate surface area is 79.6 Å². The first-order valence-corrected chi connectivity index (χ1v) is 10.9. The predicted molar refractivity (Wildman–Crippen MR) is 57.1 cm³/mol. The van der Waals surface area contributed by atoms with Crippen molar-refractivity contribution in [1.82, 2.24) is 0 Å². The molecule has 2 heteroatoms. The van der Waals surface area contributed by atoms with E-state index in [4.69, 9.17) is 0 Å². The second-order valence-corrected chi connectivity index (χ2v) is 13.9. The fraction of sp³-hybridized carbons (Fsp3) is 0.333. The summed E-state index contributed by atoms with van der Waals surface area (Å²) in [5.74, 6) is 0. The molecule has 11 heavy (non-hydrogen) atoms. The Hall–Kier alpha value is 0.258. The van der Waals surface area contributed by atoms with Crippen LogP contribution in [0.1, 0.15) is 0 Å². The van der Waals surface area contributed by atoms with Gasteiger partial charge in [-0.25, -0.2) is 0 Å². The van der Waals surface area contributed by atoms with Gasteiger partial charge in [0, 0.05) is 0 Å². The number of hydrogen-bond acceptors (Lipinski definition) is 0. The molecule has 0 fully saturated rings. The van der Waals surface area contributed by atoms with Crippen LogP contribution in [0.15, 0.2) is 28.7 Å². The maximum absolute atomic E-state index is 3.43. The molecule has 0 spiro atoms. The Kier molecular flexibility index (Phi) is 2.83. The van der Waals surface area contributed by atoms with Gasteiger partial charge in [-0.05, 0) is 0 Å². The molecule has 0 aromatic heterocycles. The quantitative estimate of drug-likeness (QED) is 0.692. The minimum absolute atomic E-state index is 1.17. The number of rotatable bonds is 1. The van der Waals surface area contributed by atoms with Crippen LogP contribution in [-0.4, -0.2) is 13.6 Å². The van der Waals surface area contributed by atoms with E-state index in [1.165, 1.54) is 4.47 Å². The van der Waals surface area contributed by atoms with Gasteiger partial charge in [-0.2, -0.15) is 0 Å². The van der Waals surface area contributed by atoms with Crippen molar-refractivity contribution >= 4 is 33.8 Å². The number of halogens is 1. The van der Waals surface area contributed by atoms with Crippen molar-refractivity contribution in [3.8, 4) is 0 Å². The van der Waals surface area contributed by atoms with Crippen LogP contribution in [0, 0.1) is 0 Å². The Bertz CT molecular complexity index is 233. The Morgan fingerprint density at radius 1 is 1.00 bits per heavy atom. The zero-order valence-corrected chi connectivity index (χ0v) is 10.6. The molecular formula is C9H13AsBr+. The zero-order chi connectivity index (χ0) is 8.48. The average molecular weight is 276 g/mol. The fourth-order valence-corrected chi connectivity index (χ4v) is 3.34. The molecule has 0 saturated carbocycles. The monoisotopic (exact) mass is 275 g/mol. The van der Waals surface area contributed by atoms with E-state index in [0.29, 0.717) is 0 Å². The van der Waals surface area contributed by atoms with Crippen LogP contribution < -0.4 is 4.35 Å². The molecule has 0 nitrogen and oxygen atoms in total. The van der Waals surface area contributed by atoms with Gasteiger partial charge in [0.05, 0.1) is 0 Å². The Morgan fingerprint density at radius 2 is 1.45 bits per heavy atom. The molecule has 0 N–H and O–H groups in total. The number of hydrogen-bond donors (Lipinski definition) is 0. The summed E-state index contributed by atoms with van der Waals surface area (Å²) >= 11 is 2.04. The van der Waals surface area contributed by atoms with Crippen molar-refractivity contribution in [3.05, 3.63) is 28.7 Å². The Balaban J connectivity index is 2.99. The van der Waals surface area contributed by atoms with Gasteiger partial charge in [0.15, 0.2) is 0 Å². The summed E-state index contributed by atoms with van der Waals surface area (Å²) in [7, 11) is 0. The molecule has 0 atom stereocenters. The van der Waals surface area contributed by atoms with Crippen molar-refractivity contribution < 1.29 is 0 Å². The molecule has 0 bridgehead atoms. The summed E-state index contributed by atoms with van der Waals surface area (Å²) in [4.78, 5) is 0. The van der Waals surface area contributed by atoms with Gasteiger partial charge < -0.3 is 0 Å². The topological polar surface area (TPSA) is 0 Å². The van der Waals surface area contributed by atoms with Crippen LogP contribution in [0.25, 0.3) is 0 Å². The van der Waals surface area contributed by atoms with Crippen molar-refractivity contribution in [2.24, 2.45) is 0 Å². The molecule has 60 valence electrons. The van der Waals surface area contributed by atoms with Crippen molar-refractivity contribution in [3.63, 3.8) is 0 Å². The van der Waals surface area contributed by atoms with E-state index in [1.54, 1.807) is 4.35 Å². The van der Waals surface area contributed by atoms with E-state index in [2.05, 4.69) is 57.3 Å². The minimum atomic E-state index is -1.40. The summed E-state index contributed by atoms with van der Waals surface area (Å²) < 4.78 is 2.72. The second kappa shape index (κ2) is 3.33. The maximum atomic E-state index is 3.43. The van der Waals surface area contributed by atoms with Crippen molar-refractivity contribution in [2.75, 3.05) is 0 Å². The average Bonchev–Trinajstić information content (AvgIpc) is 1.86. The summed E-state index contributed by atoms with van der Waals surface area (Å²) in [6, 6.07) is 8.72. The third-order valence-electron chi connectivity index (χ3n) is 1.60. The van der Waals surface area contributed by atoms with Crippen LogP contribution in [0.2, 0.25) is 17.1 Å². The standard InChI is InChI=1S/C9H13AsBr/c1-10(2,3)8-4-6-9(11)7-5-8/h4-7H,1-3H3/q+1. The van der Waals surface area contributed by atoms with E-state index in [-0.39, 0.29) is 0 Å². The van der Waals surface area contributed by atoms with E-state index in [9.17, 15) is 0 Å². The van der Waals surface area contributed by atoms with Crippen LogP contribution in [0.5, 0.6) is 0 Å². The zero-order valence-electron chi connectivity index (χ0n) is 7.13. The molecule has 1 aromatic carbocycles. The van der Waals surface area contributed by atoms with Gasteiger partial charge in [0.2, 0.25) is 0 Å². The molecule has 0 saturated heterocycles. The van der Waals surface area contributed by atoms with Crippen molar-refractivity contribution in [2.45, 2.75) is 17.1 Å². The first-order valence-electron chi connectivity index (χ1n) is 3.58. The van der Waals surface area contributed by atoms with E-state index < -0.39 is 13.6 Å². The van der Waals surface area contributed by atoms with Crippen molar-refractivity contribution in [1.29, 1.82) is 0 Å². The predicted octanol–water partition coefficient (Wildman–Crippen LogP) is 2.99. The normalized spacial score (nSPS) is 11.6. The van der Waals surface area contributed by atoms with Gasteiger partial charge in [0.1, 0.15) is 0 Å². The first kappa shape index (κ1) is 9.35. The Morgan fingerprint density at radius 3 is 1.82 bits per heavy atom. The van der Waals surface area contributed by atoms with Gasteiger partial charge in [-0.15, -0.1) is 0 Å². The van der Waals surface area contributed by atoms with E-state index >= 15 is 0 Å². The van der Waals surface area contributed by atoms with Crippen LogP contribution in [0.4, 0.5) is 0 Å². The SMILES string of the molecule is C[As+](C)(C)c1ccc(Br)cc1. The number of benzene rings is 1. The van der Waals surface area contributed by atoms with Crippen LogP contribution in [-0.2, 0) is 0 Å². The molecule has 0 aliphatic rings. The second-order valence-electron chi connectivity index (χ2n) is 3.49. The molecule has 1 rings (SSSR count). The molecule has 0 radical (unpaired) electrons.